The molecule has 1 fully saturated rings. The van der Waals surface area contributed by atoms with E-state index in [-0.39, 0.29) is 0 Å². The quantitative estimate of drug-likeness (QED) is 0.760. The molecule has 0 radical (unpaired) electrons. The largest absolute Gasteiger partial charge is 0.348 e. The van der Waals surface area contributed by atoms with Crippen LogP contribution in [0.4, 0.5) is 5.13 Å². The van der Waals surface area contributed by atoms with Gasteiger partial charge in [0.25, 0.3) is 0 Å². The summed E-state index contributed by atoms with van der Waals surface area (Å²) in [4.78, 5) is 7.01. The van der Waals surface area contributed by atoms with Crippen molar-refractivity contribution in [2.45, 2.75) is 26.2 Å². The average Bonchev–Trinajstić information content (AvgIpc) is 2.78. The van der Waals surface area contributed by atoms with Crippen molar-refractivity contribution < 1.29 is 0 Å². The number of rotatable bonds is 3. The van der Waals surface area contributed by atoms with Crippen molar-refractivity contribution in [2.75, 3.05) is 23.9 Å². The lowest BCUT2D eigenvalue weighted by atomic mass is 9.99. The van der Waals surface area contributed by atoms with Crippen LogP contribution in [0, 0.1) is 5.92 Å². The highest BCUT2D eigenvalue weighted by atomic mass is 35.5. The van der Waals surface area contributed by atoms with Gasteiger partial charge >= 0.3 is 0 Å². The molecule has 1 aromatic rings. The van der Waals surface area contributed by atoms with E-state index in [1.807, 2.05) is 0 Å². The summed E-state index contributed by atoms with van der Waals surface area (Å²) < 4.78 is 0. The number of hydrogen-bond acceptors (Lipinski definition) is 3. The van der Waals surface area contributed by atoms with E-state index in [1.54, 1.807) is 11.3 Å². The molecule has 0 aliphatic carbocycles. The third-order valence-corrected chi connectivity index (χ3v) is 4.39. The zero-order valence-electron chi connectivity index (χ0n) is 9.08. The van der Waals surface area contributed by atoms with Crippen LogP contribution in [0.1, 0.15) is 25.5 Å². The Bertz CT molecular complexity index is 305. The molecule has 2 nitrogen and oxygen atoms in total. The minimum absolute atomic E-state index is 0.716. The van der Waals surface area contributed by atoms with Crippen LogP contribution < -0.4 is 4.90 Å². The van der Waals surface area contributed by atoms with Gasteiger partial charge in [0, 0.05) is 24.3 Å². The van der Waals surface area contributed by atoms with Crippen LogP contribution in [0.25, 0.3) is 0 Å². The van der Waals surface area contributed by atoms with Crippen LogP contribution in [-0.2, 0) is 6.42 Å². The van der Waals surface area contributed by atoms with Gasteiger partial charge in [-0.2, -0.15) is 0 Å². The summed E-state index contributed by atoms with van der Waals surface area (Å²) in [6.45, 7) is 4.39. The number of piperidine rings is 1. The van der Waals surface area contributed by atoms with E-state index < -0.39 is 0 Å². The van der Waals surface area contributed by atoms with Gasteiger partial charge < -0.3 is 4.90 Å². The van der Waals surface area contributed by atoms with Crippen molar-refractivity contribution >= 4 is 28.1 Å². The zero-order chi connectivity index (χ0) is 10.7. The van der Waals surface area contributed by atoms with Gasteiger partial charge in [-0.05, 0) is 25.2 Å². The highest BCUT2D eigenvalue weighted by Gasteiger charge is 2.20. The summed E-state index contributed by atoms with van der Waals surface area (Å²) >= 11 is 7.64. The van der Waals surface area contributed by atoms with Gasteiger partial charge in [-0.3, -0.25) is 0 Å². The topological polar surface area (TPSA) is 16.1 Å². The van der Waals surface area contributed by atoms with Crippen molar-refractivity contribution in [3.63, 3.8) is 0 Å². The molecule has 0 aromatic carbocycles. The van der Waals surface area contributed by atoms with Crippen LogP contribution in [0.15, 0.2) is 5.38 Å². The SMILES string of the molecule is CCc1csc(N2CCC(CCl)CC2)n1. The van der Waals surface area contributed by atoms with E-state index in [2.05, 4.69) is 22.2 Å². The second-order valence-corrected chi connectivity index (χ2v) is 5.20. The molecule has 0 bridgehead atoms. The number of anilines is 1. The smallest absolute Gasteiger partial charge is 0.185 e. The van der Waals surface area contributed by atoms with Crippen molar-refractivity contribution in [3.05, 3.63) is 11.1 Å². The van der Waals surface area contributed by atoms with Crippen LogP contribution in [0.2, 0.25) is 0 Å². The Morgan fingerprint density at radius 1 is 1.53 bits per heavy atom. The van der Waals surface area contributed by atoms with Crippen molar-refractivity contribution in [1.29, 1.82) is 0 Å². The van der Waals surface area contributed by atoms with Crippen molar-refractivity contribution in [2.24, 2.45) is 5.92 Å². The first kappa shape index (κ1) is 11.2. The predicted molar refractivity (Wildman–Crippen MR) is 67.1 cm³/mol. The fourth-order valence-electron chi connectivity index (χ4n) is 1.88. The summed E-state index contributed by atoms with van der Waals surface area (Å²) in [5, 5.41) is 3.36. The molecule has 2 heterocycles. The number of alkyl halides is 1. The highest BCUT2D eigenvalue weighted by molar-refractivity contribution is 7.13. The Hall–Kier alpha value is -0.280. The molecule has 1 aromatic heterocycles. The number of hydrogen-bond donors (Lipinski definition) is 0. The van der Waals surface area contributed by atoms with Gasteiger partial charge in [0.1, 0.15) is 0 Å². The maximum Gasteiger partial charge on any atom is 0.185 e. The molecule has 1 saturated heterocycles. The number of aryl methyl sites for hydroxylation is 1. The Morgan fingerprint density at radius 2 is 2.27 bits per heavy atom. The van der Waals surface area contributed by atoms with Crippen LogP contribution in [0.5, 0.6) is 0 Å². The summed E-state index contributed by atoms with van der Waals surface area (Å²) in [6, 6.07) is 0. The van der Waals surface area contributed by atoms with E-state index in [9.17, 15) is 0 Å². The van der Waals surface area contributed by atoms with Crippen LogP contribution in [-0.4, -0.2) is 24.0 Å². The Balaban J connectivity index is 1.95. The summed E-state index contributed by atoms with van der Waals surface area (Å²) in [5.41, 5.74) is 1.22. The van der Waals surface area contributed by atoms with Gasteiger partial charge in [0.2, 0.25) is 0 Å². The molecule has 15 heavy (non-hydrogen) atoms. The van der Waals surface area contributed by atoms with Gasteiger partial charge in [-0.1, -0.05) is 6.92 Å². The summed E-state index contributed by atoms with van der Waals surface area (Å²) in [7, 11) is 0. The second kappa shape index (κ2) is 5.17. The molecule has 2 rings (SSSR count). The normalized spacial score (nSPS) is 18.4. The standard InChI is InChI=1S/C11H17ClN2S/c1-2-10-8-15-11(13-10)14-5-3-9(7-12)4-6-14/h8-9H,2-7H2,1H3. The first-order valence-corrected chi connectivity index (χ1v) is 7.00. The first-order valence-electron chi connectivity index (χ1n) is 5.58. The number of halogens is 1. The molecular formula is C11H17ClN2S. The predicted octanol–water partition coefficient (Wildman–Crippen LogP) is 3.16. The fraction of sp³-hybridized carbons (Fsp3) is 0.727. The summed E-state index contributed by atoms with van der Waals surface area (Å²) in [6.07, 6.45) is 3.46. The zero-order valence-corrected chi connectivity index (χ0v) is 10.7. The molecule has 1 aliphatic heterocycles. The second-order valence-electron chi connectivity index (χ2n) is 4.06. The van der Waals surface area contributed by atoms with Crippen molar-refractivity contribution in [1.82, 2.24) is 4.98 Å². The molecule has 0 unspecified atom stereocenters. The van der Waals surface area contributed by atoms with Gasteiger partial charge in [0.15, 0.2) is 5.13 Å². The Kier molecular flexibility index (Phi) is 3.87. The minimum Gasteiger partial charge on any atom is -0.348 e. The van der Waals surface area contributed by atoms with Gasteiger partial charge in [0.05, 0.1) is 5.69 Å². The average molecular weight is 245 g/mol. The molecular weight excluding hydrogens is 228 g/mol. The Morgan fingerprint density at radius 3 is 2.80 bits per heavy atom. The van der Waals surface area contributed by atoms with E-state index in [0.717, 1.165) is 25.4 Å². The fourth-order valence-corrected chi connectivity index (χ4v) is 3.15. The van der Waals surface area contributed by atoms with E-state index >= 15 is 0 Å². The highest BCUT2D eigenvalue weighted by Crippen LogP contribution is 2.26. The molecule has 0 spiro atoms. The molecule has 0 saturated carbocycles. The maximum absolute atomic E-state index is 5.87. The third-order valence-electron chi connectivity index (χ3n) is 3.01. The molecule has 0 N–H and O–H groups in total. The van der Waals surface area contributed by atoms with E-state index in [0.29, 0.717) is 5.92 Å². The van der Waals surface area contributed by atoms with Crippen LogP contribution in [0.3, 0.4) is 0 Å². The molecule has 84 valence electrons. The molecule has 1 aliphatic rings. The lowest BCUT2D eigenvalue weighted by Gasteiger charge is -2.30. The number of nitrogens with zero attached hydrogens (tertiary/aromatic N) is 2. The lowest BCUT2D eigenvalue weighted by molar-refractivity contribution is 0.442. The Labute approximate surface area is 100 Å². The minimum atomic E-state index is 0.716. The van der Waals surface area contributed by atoms with E-state index in [1.165, 1.54) is 23.7 Å². The first-order chi connectivity index (χ1) is 7.33. The van der Waals surface area contributed by atoms with E-state index in [4.69, 9.17) is 11.6 Å². The third kappa shape index (κ3) is 2.64. The monoisotopic (exact) mass is 244 g/mol. The number of thiazole rings is 1. The molecule has 4 heteroatoms. The maximum atomic E-state index is 5.87. The number of aromatic nitrogens is 1. The van der Waals surface area contributed by atoms with Gasteiger partial charge in [-0.15, -0.1) is 22.9 Å². The summed E-state index contributed by atoms with van der Waals surface area (Å²) in [5.74, 6) is 1.53. The molecule has 0 amide bonds. The molecule has 0 atom stereocenters. The van der Waals surface area contributed by atoms with Gasteiger partial charge in [-0.25, -0.2) is 4.98 Å². The van der Waals surface area contributed by atoms with Crippen LogP contribution >= 0.6 is 22.9 Å². The van der Waals surface area contributed by atoms with Crippen molar-refractivity contribution in [3.8, 4) is 0 Å². The lowest BCUT2D eigenvalue weighted by Crippen LogP contribution is -2.34.